The number of ether oxygens (including phenoxy) is 3. The van der Waals surface area contributed by atoms with Crippen molar-refractivity contribution >= 4 is 0 Å². The van der Waals surface area contributed by atoms with Crippen LogP contribution in [0.15, 0.2) is 18.2 Å². The van der Waals surface area contributed by atoms with Gasteiger partial charge in [0, 0.05) is 26.2 Å². The van der Waals surface area contributed by atoms with Gasteiger partial charge < -0.3 is 19.3 Å². The monoisotopic (exact) mass is 258 g/mol. The molecule has 0 radical (unpaired) electrons. The topological polar surface area (TPSA) is 47.9 Å². The van der Waals surface area contributed by atoms with Gasteiger partial charge in [-0.15, -0.1) is 0 Å². The molecule has 0 bridgehead atoms. The van der Waals surface area contributed by atoms with Crippen molar-refractivity contribution < 1.29 is 23.7 Å². The van der Waals surface area contributed by atoms with Gasteiger partial charge >= 0.3 is 0 Å². The molecule has 5 heteroatoms. The summed E-state index contributed by atoms with van der Waals surface area (Å²) in [7, 11) is 4.43. The summed E-state index contributed by atoms with van der Waals surface area (Å²) in [5.41, 5.74) is -0.950. The summed E-state index contributed by atoms with van der Waals surface area (Å²) in [5, 5.41) is 10.4. The van der Waals surface area contributed by atoms with Gasteiger partial charge in [0.15, 0.2) is 6.29 Å². The molecule has 1 aromatic rings. The maximum Gasteiger partial charge on any atom is 0.159 e. The largest absolute Gasteiger partial charge is 0.496 e. The zero-order valence-electron chi connectivity index (χ0n) is 11.1. The number of hydrogen-bond donors (Lipinski definition) is 1. The van der Waals surface area contributed by atoms with E-state index in [1.807, 2.05) is 0 Å². The van der Waals surface area contributed by atoms with Gasteiger partial charge in [-0.3, -0.25) is 0 Å². The van der Waals surface area contributed by atoms with Gasteiger partial charge in [-0.1, -0.05) is 0 Å². The van der Waals surface area contributed by atoms with Gasteiger partial charge in [0.1, 0.15) is 11.6 Å². The minimum absolute atomic E-state index is 0.166. The predicted molar refractivity (Wildman–Crippen MR) is 64.9 cm³/mol. The van der Waals surface area contributed by atoms with E-state index in [4.69, 9.17) is 14.2 Å². The Bertz CT molecular complexity index is 389. The lowest BCUT2D eigenvalue weighted by Gasteiger charge is -2.28. The van der Waals surface area contributed by atoms with E-state index < -0.39 is 17.7 Å². The molecule has 0 aliphatic heterocycles. The lowest BCUT2D eigenvalue weighted by molar-refractivity contribution is -0.142. The second kappa shape index (κ2) is 6.13. The molecule has 18 heavy (non-hydrogen) atoms. The molecule has 0 aromatic heterocycles. The molecular formula is C13H19FO4. The van der Waals surface area contributed by atoms with Crippen LogP contribution >= 0.6 is 0 Å². The van der Waals surface area contributed by atoms with E-state index in [0.29, 0.717) is 11.3 Å². The van der Waals surface area contributed by atoms with E-state index in [1.165, 1.54) is 39.5 Å². The highest BCUT2D eigenvalue weighted by molar-refractivity contribution is 5.38. The van der Waals surface area contributed by atoms with Crippen molar-refractivity contribution in [1.82, 2.24) is 0 Å². The number of rotatable bonds is 6. The Morgan fingerprint density at radius 3 is 2.39 bits per heavy atom. The molecule has 0 saturated carbocycles. The molecular weight excluding hydrogens is 239 g/mol. The molecule has 1 aromatic carbocycles. The van der Waals surface area contributed by atoms with Crippen LogP contribution in [0.5, 0.6) is 5.75 Å². The summed E-state index contributed by atoms with van der Waals surface area (Å²) >= 11 is 0. The van der Waals surface area contributed by atoms with Gasteiger partial charge in [0.25, 0.3) is 0 Å². The quantitative estimate of drug-likeness (QED) is 0.793. The molecule has 0 amide bonds. The average Bonchev–Trinajstić information content (AvgIpc) is 2.36. The summed E-state index contributed by atoms with van der Waals surface area (Å²) in [6, 6.07) is 4.01. The van der Waals surface area contributed by atoms with Crippen molar-refractivity contribution in [3.63, 3.8) is 0 Å². The number of halogens is 1. The highest BCUT2D eigenvalue weighted by Gasteiger charge is 2.31. The maximum atomic E-state index is 13.3. The third-order valence-electron chi connectivity index (χ3n) is 2.83. The van der Waals surface area contributed by atoms with Crippen LogP contribution < -0.4 is 4.74 Å². The maximum absolute atomic E-state index is 13.3. The van der Waals surface area contributed by atoms with E-state index in [-0.39, 0.29) is 6.42 Å². The average molecular weight is 258 g/mol. The van der Waals surface area contributed by atoms with E-state index in [0.717, 1.165) is 0 Å². The molecule has 4 nitrogen and oxygen atoms in total. The highest BCUT2D eigenvalue weighted by Crippen LogP contribution is 2.34. The van der Waals surface area contributed by atoms with Crippen LogP contribution in [0.2, 0.25) is 0 Å². The van der Waals surface area contributed by atoms with Crippen LogP contribution in [0.25, 0.3) is 0 Å². The first-order valence-electron chi connectivity index (χ1n) is 5.56. The minimum Gasteiger partial charge on any atom is -0.496 e. The Hall–Kier alpha value is -1.17. The lowest BCUT2D eigenvalue weighted by atomic mass is 9.91. The Morgan fingerprint density at radius 2 is 1.89 bits per heavy atom. The first-order chi connectivity index (χ1) is 8.44. The second-order valence-electron chi connectivity index (χ2n) is 4.22. The van der Waals surface area contributed by atoms with Gasteiger partial charge in [0.2, 0.25) is 0 Å². The number of benzene rings is 1. The van der Waals surface area contributed by atoms with E-state index >= 15 is 0 Å². The Labute approximate surface area is 106 Å². The van der Waals surface area contributed by atoms with Crippen molar-refractivity contribution in [3.05, 3.63) is 29.6 Å². The molecule has 0 aliphatic rings. The van der Waals surface area contributed by atoms with Gasteiger partial charge in [-0.2, -0.15) is 0 Å². The Morgan fingerprint density at radius 1 is 1.28 bits per heavy atom. The minimum atomic E-state index is -1.32. The van der Waals surface area contributed by atoms with Gasteiger partial charge in [-0.05, 0) is 25.1 Å². The molecule has 102 valence electrons. The van der Waals surface area contributed by atoms with Gasteiger partial charge in [0.05, 0.1) is 12.7 Å². The SMILES string of the molecule is COc1ccc(F)cc1C(C)(O)CC(OC)OC. The van der Waals surface area contributed by atoms with Crippen LogP contribution in [-0.4, -0.2) is 32.7 Å². The van der Waals surface area contributed by atoms with Crippen molar-refractivity contribution in [2.45, 2.75) is 25.2 Å². The fraction of sp³-hybridized carbons (Fsp3) is 0.538. The van der Waals surface area contributed by atoms with Crippen LogP contribution in [0.1, 0.15) is 18.9 Å². The van der Waals surface area contributed by atoms with Crippen LogP contribution in [0.4, 0.5) is 4.39 Å². The van der Waals surface area contributed by atoms with E-state index in [9.17, 15) is 9.50 Å². The first-order valence-corrected chi connectivity index (χ1v) is 5.56. The first kappa shape index (κ1) is 14.9. The molecule has 0 heterocycles. The molecule has 0 saturated heterocycles. The fourth-order valence-corrected chi connectivity index (χ4v) is 1.80. The number of hydrogen-bond acceptors (Lipinski definition) is 4. The van der Waals surface area contributed by atoms with Crippen molar-refractivity contribution in [1.29, 1.82) is 0 Å². The van der Waals surface area contributed by atoms with E-state index in [2.05, 4.69) is 0 Å². The molecule has 1 N–H and O–H groups in total. The number of methoxy groups -OCH3 is 3. The summed E-state index contributed by atoms with van der Waals surface area (Å²) in [6.45, 7) is 1.56. The summed E-state index contributed by atoms with van der Waals surface area (Å²) < 4.78 is 28.5. The molecule has 0 aliphatic carbocycles. The molecule has 0 spiro atoms. The van der Waals surface area contributed by atoms with E-state index in [1.54, 1.807) is 6.92 Å². The van der Waals surface area contributed by atoms with Crippen molar-refractivity contribution in [3.8, 4) is 5.75 Å². The smallest absolute Gasteiger partial charge is 0.159 e. The Balaban J connectivity index is 3.06. The van der Waals surface area contributed by atoms with Crippen LogP contribution in [-0.2, 0) is 15.1 Å². The molecule has 1 atom stereocenters. The summed E-state index contributed by atoms with van der Waals surface area (Å²) in [5.74, 6) is -0.00943. The highest BCUT2D eigenvalue weighted by atomic mass is 19.1. The summed E-state index contributed by atoms with van der Waals surface area (Å²) in [4.78, 5) is 0. The second-order valence-corrected chi connectivity index (χ2v) is 4.22. The normalized spacial score (nSPS) is 14.6. The number of aliphatic hydroxyl groups is 1. The Kier molecular flexibility index (Phi) is 5.07. The summed E-state index contributed by atoms with van der Waals surface area (Å²) in [6.07, 6.45) is -0.409. The molecule has 0 fully saturated rings. The molecule has 1 unspecified atom stereocenters. The third-order valence-corrected chi connectivity index (χ3v) is 2.83. The fourth-order valence-electron chi connectivity index (χ4n) is 1.80. The lowest BCUT2D eigenvalue weighted by Crippen LogP contribution is -2.30. The van der Waals surface area contributed by atoms with Crippen molar-refractivity contribution in [2.24, 2.45) is 0 Å². The molecule has 1 rings (SSSR count). The zero-order chi connectivity index (χ0) is 13.8. The van der Waals surface area contributed by atoms with Crippen LogP contribution in [0.3, 0.4) is 0 Å². The van der Waals surface area contributed by atoms with Crippen molar-refractivity contribution in [2.75, 3.05) is 21.3 Å². The zero-order valence-corrected chi connectivity index (χ0v) is 11.1. The van der Waals surface area contributed by atoms with Gasteiger partial charge in [-0.25, -0.2) is 4.39 Å². The van der Waals surface area contributed by atoms with Crippen LogP contribution in [0, 0.1) is 5.82 Å². The predicted octanol–water partition coefficient (Wildman–Crippen LogP) is 2.05. The standard InChI is InChI=1S/C13H19FO4/c1-13(15,8-12(17-3)18-4)10-7-9(14)5-6-11(10)16-2/h5-7,12,15H,8H2,1-4H3. The third kappa shape index (κ3) is 3.41.